The second-order valence-electron chi connectivity index (χ2n) is 6.67. The Bertz CT molecular complexity index is 1220. The molecule has 1 aromatic heterocycles. The highest BCUT2D eigenvalue weighted by Gasteiger charge is 2.35. The normalized spacial score (nSPS) is 19.0. The quantitative estimate of drug-likeness (QED) is 0.691. The number of H-pyrrole nitrogens is 1. The van der Waals surface area contributed by atoms with E-state index in [1.807, 2.05) is 62.4 Å². The summed E-state index contributed by atoms with van der Waals surface area (Å²) < 4.78 is 0. The highest BCUT2D eigenvalue weighted by atomic mass is 16.3. The molecular weight excluding hydrogens is 324 g/mol. The number of benzene rings is 2. The first-order valence-electron chi connectivity index (χ1n) is 8.51. The number of rotatable bonds is 1. The second kappa shape index (κ2) is 5.05. The number of aromatic amines is 1. The van der Waals surface area contributed by atoms with Crippen LogP contribution in [-0.2, 0) is 4.79 Å². The Balaban J connectivity index is 1.73. The summed E-state index contributed by atoms with van der Waals surface area (Å²) in [4.78, 5) is 20.6. The van der Waals surface area contributed by atoms with Crippen LogP contribution in [0.2, 0.25) is 0 Å². The van der Waals surface area contributed by atoms with Gasteiger partial charge in [0.05, 0.1) is 11.4 Å². The van der Waals surface area contributed by atoms with Gasteiger partial charge in [-0.25, -0.2) is 0 Å². The molecule has 5 rings (SSSR count). The minimum Gasteiger partial charge on any atom is -0.871 e. The molecule has 0 atom stereocenters. The zero-order valence-electron chi connectivity index (χ0n) is 14.4. The molecule has 3 aromatic rings. The summed E-state index contributed by atoms with van der Waals surface area (Å²) in [5, 5.41) is 14.8. The van der Waals surface area contributed by atoms with Crippen LogP contribution in [0.5, 0.6) is 0 Å². The molecule has 0 saturated heterocycles. The summed E-state index contributed by atoms with van der Waals surface area (Å²) in [6.07, 6.45) is 0. The van der Waals surface area contributed by atoms with Crippen molar-refractivity contribution in [3.8, 4) is 0 Å². The molecule has 0 fully saturated rings. The first-order chi connectivity index (χ1) is 12.6. The van der Waals surface area contributed by atoms with E-state index in [0.29, 0.717) is 11.4 Å². The second-order valence-corrected chi connectivity index (χ2v) is 6.67. The van der Waals surface area contributed by atoms with Crippen LogP contribution in [0.3, 0.4) is 0 Å². The lowest BCUT2D eigenvalue weighted by atomic mass is 9.82. The Hall–Kier alpha value is -3.40. The van der Waals surface area contributed by atoms with Crippen molar-refractivity contribution < 1.29 is 9.90 Å². The smallest absolute Gasteiger partial charge is 0.196 e. The van der Waals surface area contributed by atoms with Gasteiger partial charge in [0.15, 0.2) is 5.78 Å². The zero-order valence-corrected chi connectivity index (χ0v) is 14.4. The van der Waals surface area contributed by atoms with Crippen LogP contribution in [0.25, 0.3) is 22.0 Å². The topological polar surface area (TPSA) is 68.3 Å². The molecule has 4 heteroatoms. The predicted octanol–water partition coefficient (Wildman–Crippen LogP) is 3.36. The molecule has 0 amide bonds. The molecule has 1 aliphatic carbocycles. The van der Waals surface area contributed by atoms with Crippen molar-refractivity contribution in [3.05, 3.63) is 82.4 Å². The van der Waals surface area contributed by atoms with Gasteiger partial charge in [-0.2, -0.15) is 0 Å². The van der Waals surface area contributed by atoms with E-state index in [1.165, 1.54) is 0 Å². The van der Waals surface area contributed by atoms with Crippen LogP contribution in [0.1, 0.15) is 29.4 Å². The van der Waals surface area contributed by atoms with Crippen molar-refractivity contribution in [3.63, 3.8) is 0 Å². The molecule has 2 aliphatic rings. The van der Waals surface area contributed by atoms with E-state index in [-0.39, 0.29) is 22.7 Å². The molecule has 2 aromatic carbocycles. The number of nitrogens with zero attached hydrogens (tertiary/aromatic N) is 1. The van der Waals surface area contributed by atoms with Crippen molar-refractivity contribution in [2.75, 3.05) is 0 Å². The van der Waals surface area contributed by atoms with Crippen LogP contribution < -0.4 is 5.11 Å². The fraction of sp³-hybridized carbons (Fsp3) is 0.0909. The number of ketones is 1. The number of nitrogens with one attached hydrogen (secondary N) is 1. The molecule has 0 unspecified atom stereocenters. The number of hydrogen-bond acceptors (Lipinski definition) is 3. The maximum absolute atomic E-state index is 12.9. The number of aryl methyl sites for hydroxylation is 1. The number of Topliss-reactive ketones (excluding diaryl/α,β-unsaturated/α-hetero) is 1. The molecule has 1 N–H and O–H groups in total. The number of aromatic nitrogens is 1. The van der Waals surface area contributed by atoms with Gasteiger partial charge in [-0.1, -0.05) is 54.3 Å². The lowest BCUT2D eigenvalue weighted by molar-refractivity contribution is -0.297. The van der Waals surface area contributed by atoms with Gasteiger partial charge in [-0.05, 0) is 13.8 Å². The van der Waals surface area contributed by atoms with E-state index in [4.69, 9.17) is 0 Å². The standard InChI is InChI=1S/C22H16N2O2/c1-11-13-7-3-5-9-15(13)19(23-11)17-21(25)18(22(17)26)20-16-10-6-4-8-14(16)12(2)24-20/h3-10,23,25H,1-2H3/p-1. The molecule has 0 bridgehead atoms. The van der Waals surface area contributed by atoms with Crippen molar-refractivity contribution in [1.29, 1.82) is 0 Å². The van der Waals surface area contributed by atoms with Crippen LogP contribution in [-0.4, -0.2) is 16.5 Å². The van der Waals surface area contributed by atoms with Gasteiger partial charge in [-0.3, -0.25) is 9.79 Å². The van der Waals surface area contributed by atoms with Crippen molar-refractivity contribution in [1.82, 2.24) is 4.98 Å². The summed E-state index contributed by atoms with van der Waals surface area (Å²) in [6.45, 7) is 3.84. The molecular formula is C22H15N2O2-. The molecule has 0 radical (unpaired) electrons. The van der Waals surface area contributed by atoms with Gasteiger partial charge >= 0.3 is 0 Å². The Morgan fingerprint density at radius 2 is 1.54 bits per heavy atom. The Labute approximate surface area is 150 Å². The van der Waals surface area contributed by atoms with Gasteiger partial charge in [-0.15, -0.1) is 0 Å². The Kier molecular flexibility index (Phi) is 2.89. The van der Waals surface area contributed by atoms with E-state index in [0.717, 1.165) is 33.3 Å². The zero-order chi connectivity index (χ0) is 18.0. The summed E-state index contributed by atoms with van der Waals surface area (Å²) in [6, 6.07) is 15.5. The minimum atomic E-state index is -0.231. The largest absolute Gasteiger partial charge is 0.871 e. The monoisotopic (exact) mass is 339 g/mol. The highest BCUT2D eigenvalue weighted by Crippen LogP contribution is 2.43. The van der Waals surface area contributed by atoms with Crippen LogP contribution >= 0.6 is 0 Å². The number of carbonyl (C=O) groups excluding carboxylic acids is 1. The molecule has 4 nitrogen and oxygen atoms in total. The van der Waals surface area contributed by atoms with E-state index in [9.17, 15) is 9.90 Å². The fourth-order valence-corrected chi connectivity index (χ4v) is 3.87. The first-order valence-corrected chi connectivity index (χ1v) is 8.51. The third-order valence-corrected chi connectivity index (χ3v) is 5.16. The number of fused-ring (bicyclic) bond motifs is 2. The lowest BCUT2D eigenvalue weighted by Crippen LogP contribution is -2.30. The average molecular weight is 339 g/mol. The molecule has 26 heavy (non-hydrogen) atoms. The van der Waals surface area contributed by atoms with Gasteiger partial charge in [0.2, 0.25) is 0 Å². The Morgan fingerprint density at radius 3 is 2.27 bits per heavy atom. The molecule has 1 aliphatic heterocycles. The van der Waals surface area contributed by atoms with E-state index < -0.39 is 0 Å². The average Bonchev–Trinajstić information content (AvgIpc) is 3.14. The van der Waals surface area contributed by atoms with E-state index in [2.05, 4.69) is 9.98 Å². The van der Waals surface area contributed by atoms with Gasteiger partial charge in [0, 0.05) is 44.5 Å². The van der Waals surface area contributed by atoms with Crippen molar-refractivity contribution >= 4 is 33.5 Å². The van der Waals surface area contributed by atoms with Crippen molar-refractivity contribution in [2.24, 2.45) is 4.99 Å². The fourth-order valence-electron chi connectivity index (χ4n) is 3.87. The maximum atomic E-state index is 12.9. The third kappa shape index (κ3) is 1.78. The van der Waals surface area contributed by atoms with Crippen LogP contribution in [0.15, 0.2) is 64.9 Å². The summed E-state index contributed by atoms with van der Waals surface area (Å²) in [5.41, 5.74) is 5.16. The van der Waals surface area contributed by atoms with Gasteiger partial charge in [0.1, 0.15) is 0 Å². The van der Waals surface area contributed by atoms with E-state index >= 15 is 0 Å². The number of carbonyl (C=O) groups is 1. The predicted molar refractivity (Wildman–Crippen MR) is 101 cm³/mol. The maximum Gasteiger partial charge on any atom is 0.196 e. The number of aliphatic imine (C=N–C) groups is 1. The highest BCUT2D eigenvalue weighted by molar-refractivity contribution is 6.42. The molecule has 0 saturated carbocycles. The number of hydrogen-bond donors (Lipinski definition) is 1. The van der Waals surface area contributed by atoms with Crippen LogP contribution in [0.4, 0.5) is 0 Å². The molecule has 2 heterocycles. The summed E-state index contributed by atoms with van der Waals surface area (Å²) in [5.74, 6) is -0.462. The first kappa shape index (κ1) is 14.9. The Morgan fingerprint density at radius 1 is 0.885 bits per heavy atom. The minimum absolute atomic E-state index is 0.195. The summed E-state index contributed by atoms with van der Waals surface area (Å²) >= 11 is 0. The van der Waals surface area contributed by atoms with Gasteiger partial charge < -0.3 is 10.1 Å². The summed E-state index contributed by atoms with van der Waals surface area (Å²) in [7, 11) is 0. The lowest BCUT2D eigenvalue weighted by Gasteiger charge is -2.31. The SMILES string of the molecule is CC1=NC(=C2C(=O)C(c3[nH]c(C)c4ccccc34)=C2[O-])c2ccccc21. The van der Waals surface area contributed by atoms with Gasteiger partial charge in [0.25, 0.3) is 0 Å². The van der Waals surface area contributed by atoms with Crippen molar-refractivity contribution in [2.45, 2.75) is 13.8 Å². The molecule has 0 spiro atoms. The molecule has 126 valence electrons. The van der Waals surface area contributed by atoms with Crippen LogP contribution in [0, 0.1) is 6.92 Å². The number of allylic oxidation sites excluding steroid dienone is 2. The third-order valence-electron chi connectivity index (χ3n) is 5.16. The van der Waals surface area contributed by atoms with E-state index in [1.54, 1.807) is 0 Å².